The number of hydrogen-bond donors (Lipinski definition) is 1. The van der Waals surface area contributed by atoms with Crippen LogP contribution in [0.2, 0.25) is 0 Å². The van der Waals surface area contributed by atoms with Gasteiger partial charge in [-0.05, 0) is 31.4 Å². The number of aryl methyl sites for hydroxylation is 1. The Morgan fingerprint density at radius 2 is 2.25 bits per heavy atom. The highest BCUT2D eigenvalue weighted by Gasteiger charge is 2.20. The van der Waals surface area contributed by atoms with E-state index in [1.165, 1.54) is 24.1 Å². The van der Waals surface area contributed by atoms with Gasteiger partial charge in [0.25, 0.3) is 0 Å². The van der Waals surface area contributed by atoms with Crippen LogP contribution in [0.3, 0.4) is 0 Å². The van der Waals surface area contributed by atoms with Crippen LogP contribution in [0.25, 0.3) is 0 Å². The van der Waals surface area contributed by atoms with Crippen LogP contribution in [0.15, 0.2) is 24.3 Å². The van der Waals surface area contributed by atoms with Gasteiger partial charge in [0, 0.05) is 24.7 Å². The first kappa shape index (κ1) is 11.4. The fourth-order valence-electron chi connectivity index (χ4n) is 2.42. The summed E-state index contributed by atoms with van der Waals surface area (Å²) in [5.41, 5.74) is 8.43. The number of nitrogens with zero attached hydrogens (tertiary/aromatic N) is 1. The largest absolute Gasteiger partial charge is 0.393 e. The maximum Gasteiger partial charge on any atom is 0.0747 e. The predicted octanol–water partition coefficient (Wildman–Crippen LogP) is 2.50. The summed E-state index contributed by atoms with van der Waals surface area (Å²) in [4.78, 5) is 3.04. The average molecular weight is 234 g/mol. The van der Waals surface area contributed by atoms with Crippen LogP contribution in [-0.4, -0.2) is 17.6 Å². The molecule has 2 N–H and O–H groups in total. The van der Waals surface area contributed by atoms with Gasteiger partial charge in [-0.2, -0.15) is 0 Å². The lowest BCUT2D eigenvalue weighted by molar-refractivity contribution is 0.606. The Bertz CT molecular complexity index is 389. The maximum absolute atomic E-state index is 5.62. The van der Waals surface area contributed by atoms with Gasteiger partial charge in [-0.3, -0.25) is 0 Å². The molecule has 0 aliphatic carbocycles. The van der Waals surface area contributed by atoms with Crippen LogP contribution in [-0.2, 0) is 6.42 Å². The fraction of sp³-hybridized carbons (Fsp3) is 0.462. The van der Waals surface area contributed by atoms with Crippen molar-refractivity contribution in [3.8, 4) is 0 Å². The quantitative estimate of drug-likeness (QED) is 0.815. The molecule has 2 rings (SSSR count). The second kappa shape index (κ2) is 4.83. The topological polar surface area (TPSA) is 29.3 Å². The van der Waals surface area contributed by atoms with E-state index in [1.807, 2.05) is 0 Å². The van der Waals surface area contributed by atoms with Crippen molar-refractivity contribution in [2.24, 2.45) is 5.73 Å². The molecule has 1 aliphatic rings. The Morgan fingerprint density at radius 3 is 3.00 bits per heavy atom. The molecule has 1 aromatic carbocycles. The first-order valence-corrected chi connectivity index (χ1v) is 6.22. The van der Waals surface area contributed by atoms with Crippen molar-refractivity contribution < 1.29 is 0 Å². The molecular formula is C13H18N2S. The summed E-state index contributed by atoms with van der Waals surface area (Å²) in [6.45, 7) is 3.31. The molecule has 0 spiro atoms. The van der Waals surface area contributed by atoms with Crippen molar-refractivity contribution in [3.63, 3.8) is 0 Å². The molecule has 2 nitrogen and oxygen atoms in total. The summed E-state index contributed by atoms with van der Waals surface area (Å²) in [6.07, 6.45) is 3.20. The van der Waals surface area contributed by atoms with Crippen LogP contribution in [0.5, 0.6) is 0 Å². The Hall–Kier alpha value is -1.09. The number of fused-ring (bicyclic) bond motifs is 1. The molecule has 0 fully saturated rings. The summed E-state index contributed by atoms with van der Waals surface area (Å²) in [5, 5.41) is 0. The molecule has 0 aromatic heterocycles. The third kappa shape index (κ3) is 2.35. The van der Waals surface area contributed by atoms with Gasteiger partial charge in [0.1, 0.15) is 0 Å². The van der Waals surface area contributed by atoms with Crippen molar-refractivity contribution in [2.45, 2.75) is 32.2 Å². The Kier molecular flexibility index (Phi) is 3.44. The zero-order valence-corrected chi connectivity index (χ0v) is 10.5. The number of hydrogen-bond acceptors (Lipinski definition) is 2. The van der Waals surface area contributed by atoms with Gasteiger partial charge in [-0.15, -0.1) is 0 Å². The maximum atomic E-state index is 5.62. The van der Waals surface area contributed by atoms with Crippen molar-refractivity contribution >= 4 is 22.9 Å². The molecule has 1 unspecified atom stereocenters. The molecule has 86 valence electrons. The van der Waals surface area contributed by atoms with E-state index in [0.717, 1.165) is 13.0 Å². The Morgan fingerprint density at radius 1 is 1.50 bits per heavy atom. The Balaban J connectivity index is 2.21. The molecule has 1 aliphatic heterocycles. The van der Waals surface area contributed by atoms with E-state index in [9.17, 15) is 0 Å². The molecule has 0 saturated heterocycles. The summed E-state index contributed by atoms with van der Waals surface area (Å²) in [5.74, 6) is 0. The number of rotatable bonds is 3. The van der Waals surface area contributed by atoms with Gasteiger partial charge >= 0.3 is 0 Å². The number of nitrogens with two attached hydrogens (primary N) is 1. The zero-order chi connectivity index (χ0) is 11.5. The summed E-state index contributed by atoms with van der Waals surface area (Å²) in [6, 6.07) is 9.03. The van der Waals surface area contributed by atoms with Crippen LogP contribution in [0, 0.1) is 0 Å². The lowest BCUT2D eigenvalue weighted by atomic mass is 9.99. The number of para-hydroxylation sites is 1. The third-order valence-corrected chi connectivity index (χ3v) is 3.34. The van der Waals surface area contributed by atoms with Gasteiger partial charge < -0.3 is 10.6 Å². The molecular weight excluding hydrogens is 216 g/mol. The molecule has 0 saturated carbocycles. The van der Waals surface area contributed by atoms with Gasteiger partial charge in [-0.1, -0.05) is 30.4 Å². The first-order chi connectivity index (χ1) is 7.68. The van der Waals surface area contributed by atoms with E-state index in [1.54, 1.807) is 0 Å². The molecule has 0 radical (unpaired) electrons. The van der Waals surface area contributed by atoms with Gasteiger partial charge in [-0.25, -0.2) is 0 Å². The van der Waals surface area contributed by atoms with Gasteiger partial charge in [0.05, 0.1) is 4.99 Å². The smallest absolute Gasteiger partial charge is 0.0747 e. The number of benzene rings is 1. The number of thiocarbonyl (C=S) groups is 1. The van der Waals surface area contributed by atoms with Crippen molar-refractivity contribution in [1.82, 2.24) is 0 Å². The normalized spacial score (nSPS) is 16.7. The van der Waals surface area contributed by atoms with Gasteiger partial charge in [0.2, 0.25) is 0 Å². The van der Waals surface area contributed by atoms with Crippen LogP contribution in [0.4, 0.5) is 5.69 Å². The van der Waals surface area contributed by atoms with E-state index in [2.05, 4.69) is 36.1 Å². The lowest BCUT2D eigenvalue weighted by Gasteiger charge is -2.36. The summed E-state index contributed by atoms with van der Waals surface area (Å²) in [7, 11) is 0. The highest BCUT2D eigenvalue weighted by molar-refractivity contribution is 7.80. The lowest BCUT2D eigenvalue weighted by Crippen LogP contribution is -2.39. The van der Waals surface area contributed by atoms with Gasteiger partial charge in [0.15, 0.2) is 0 Å². The minimum absolute atomic E-state index is 0.402. The van der Waals surface area contributed by atoms with E-state index in [0.29, 0.717) is 11.0 Å². The van der Waals surface area contributed by atoms with Crippen molar-refractivity contribution in [1.29, 1.82) is 0 Å². The molecule has 1 aromatic rings. The van der Waals surface area contributed by atoms with E-state index in [4.69, 9.17) is 18.0 Å². The highest BCUT2D eigenvalue weighted by Crippen LogP contribution is 2.28. The molecule has 0 amide bonds. The minimum Gasteiger partial charge on any atom is -0.393 e. The predicted molar refractivity (Wildman–Crippen MR) is 73.0 cm³/mol. The zero-order valence-electron chi connectivity index (χ0n) is 9.65. The fourth-order valence-corrected chi connectivity index (χ4v) is 2.66. The summed E-state index contributed by atoms with van der Waals surface area (Å²) >= 11 is 4.99. The number of anilines is 1. The second-order valence-corrected chi connectivity index (χ2v) is 4.97. The minimum atomic E-state index is 0.402. The van der Waals surface area contributed by atoms with E-state index >= 15 is 0 Å². The first-order valence-electron chi connectivity index (χ1n) is 5.81. The molecule has 0 bridgehead atoms. The van der Waals surface area contributed by atoms with Crippen LogP contribution >= 0.6 is 12.2 Å². The second-order valence-electron chi connectivity index (χ2n) is 4.45. The van der Waals surface area contributed by atoms with Crippen LogP contribution in [0.1, 0.15) is 25.3 Å². The van der Waals surface area contributed by atoms with E-state index in [-0.39, 0.29) is 0 Å². The monoisotopic (exact) mass is 234 g/mol. The molecule has 16 heavy (non-hydrogen) atoms. The third-order valence-electron chi connectivity index (χ3n) is 3.17. The van der Waals surface area contributed by atoms with Crippen LogP contribution < -0.4 is 10.6 Å². The van der Waals surface area contributed by atoms with Crippen molar-refractivity contribution in [2.75, 3.05) is 11.4 Å². The van der Waals surface area contributed by atoms with Crippen molar-refractivity contribution in [3.05, 3.63) is 29.8 Å². The summed E-state index contributed by atoms with van der Waals surface area (Å²) < 4.78 is 0. The highest BCUT2D eigenvalue weighted by atomic mass is 32.1. The molecule has 1 heterocycles. The SMILES string of the molecule is CC(CC(N)=S)N1CCCc2ccccc21. The molecule has 3 heteroatoms. The standard InChI is InChI=1S/C13H18N2S/c1-10(9-13(14)16)15-8-4-6-11-5-2-3-7-12(11)15/h2-3,5,7,10H,4,6,8-9H2,1H3,(H2,14,16). The molecule has 1 atom stereocenters. The average Bonchev–Trinajstić information content (AvgIpc) is 2.27. The van der Waals surface area contributed by atoms with E-state index < -0.39 is 0 Å². The Labute approximate surface area is 102 Å².